The number of anilines is 1. The molecule has 100 valence electrons. The summed E-state index contributed by atoms with van der Waals surface area (Å²) in [6.07, 6.45) is 0. The Balaban J connectivity index is 2.22. The largest absolute Gasteiger partial charge is 0.377 e. The molecule has 2 aromatic rings. The molecule has 3 N–H and O–H groups in total. The lowest BCUT2D eigenvalue weighted by atomic mass is 10.1. The van der Waals surface area contributed by atoms with Crippen molar-refractivity contribution in [3.8, 4) is 0 Å². The van der Waals surface area contributed by atoms with Crippen LogP contribution in [0.2, 0.25) is 5.02 Å². The van der Waals surface area contributed by atoms with Crippen molar-refractivity contribution in [3.63, 3.8) is 0 Å². The summed E-state index contributed by atoms with van der Waals surface area (Å²) in [7, 11) is 0. The molecular formula is C14H13Br2ClN2. The van der Waals surface area contributed by atoms with E-state index >= 15 is 0 Å². The second-order valence-electron chi connectivity index (χ2n) is 4.11. The fourth-order valence-electron chi connectivity index (χ4n) is 1.80. The van der Waals surface area contributed by atoms with Crippen molar-refractivity contribution in [2.75, 3.05) is 11.9 Å². The first kappa shape index (κ1) is 14.9. The summed E-state index contributed by atoms with van der Waals surface area (Å²) in [6, 6.07) is 13.8. The van der Waals surface area contributed by atoms with Gasteiger partial charge < -0.3 is 11.1 Å². The van der Waals surface area contributed by atoms with Gasteiger partial charge in [0.25, 0.3) is 0 Å². The molecule has 2 rings (SSSR count). The van der Waals surface area contributed by atoms with Gasteiger partial charge in [-0.15, -0.1) is 0 Å². The zero-order valence-corrected chi connectivity index (χ0v) is 14.0. The molecular weight excluding hydrogens is 391 g/mol. The monoisotopic (exact) mass is 402 g/mol. The molecule has 19 heavy (non-hydrogen) atoms. The maximum absolute atomic E-state index is 5.96. The van der Waals surface area contributed by atoms with Gasteiger partial charge in [0.05, 0.1) is 6.04 Å². The lowest BCUT2D eigenvalue weighted by Crippen LogP contribution is -2.21. The van der Waals surface area contributed by atoms with Crippen LogP contribution >= 0.6 is 43.5 Å². The van der Waals surface area contributed by atoms with Gasteiger partial charge in [0.15, 0.2) is 0 Å². The van der Waals surface area contributed by atoms with E-state index in [0.717, 1.165) is 20.2 Å². The number of nitrogens with one attached hydrogen (secondary N) is 1. The molecule has 0 amide bonds. The molecule has 0 aliphatic carbocycles. The molecule has 2 aromatic carbocycles. The Hall–Kier alpha value is -0.550. The Morgan fingerprint density at radius 3 is 2.37 bits per heavy atom. The molecule has 0 radical (unpaired) electrons. The van der Waals surface area contributed by atoms with Crippen LogP contribution in [-0.2, 0) is 0 Å². The fraction of sp³-hybridized carbons (Fsp3) is 0.143. The minimum absolute atomic E-state index is 0.0350. The minimum atomic E-state index is 0.0350. The average Bonchev–Trinajstić information content (AvgIpc) is 2.39. The summed E-state index contributed by atoms with van der Waals surface area (Å²) in [5.41, 5.74) is 7.98. The Labute approximate surface area is 134 Å². The summed E-state index contributed by atoms with van der Waals surface area (Å²) in [6.45, 7) is 0.496. The van der Waals surface area contributed by atoms with Gasteiger partial charge >= 0.3 is 0 Å². The van der Waals surface area contributed by atoms with Crippen molar-refractivity contribution in [3.05, 3.63) is 62.0 Å². The highest BCUT2D eigenvalue weighted by Crippen LogP contribution is 2.28. The molecule has 0 bridgehead atoms. The molecule has 0 fully saturated rings. The summed E-state index contributed by atoms with van der Waals surface area (Å²) in [5.74, 6) is 0. The van der Waals surface area contributed by atoms with Crippen LogP contribution in [0.4, 0.5) is 5.69 Å². The number of hydrogen-bond donors (Lipinski definition) is 2. The van der Waals surface area contributed by atoms with Crippen molar-refractivity contribution in [2.24, 2.45) is 5.73 Å². The van der Waals surface area contributed by atoms with Gasteiger partial charge in [-0.25, -0.2) is 0 Å². The molecule has 1 unspecified atom stereocenters. The number of hydrogen-bond acceptors (Lipinski definition) is 2. The lowest BCUT2D eigenvalue weighted by Gasteiger charge is -2.20. The van der Waals surface area contributed by atoms with E-state index in [1.165, 1.54) is 0 Å². The summed E-state index contributed by atoms with van der Waals surface area (Å²) in [5, 5.41) is 4.12. The molecule has 2 nitrogen and oxygen atoms in total. The van der Waals surface area contributed by atoms with Crippen LogP contribution in [0.3, 0.4) is 0 Å². The third-order valence-electron chi connectivity index (χ3n) is 2.76. The van der Waals surface area contributed by atoms with Gasteiger partial charge in [-0.2, -0.15) is 0 Å². The number of benzene rings is 2. The second kappa shape index (κ2) is 6.75. The molecule has 0 saturated heterocycles. The van der Waals surface area contributed by atoms with Gasteiger partial charge in [0, 0.05) is 26.2 Å². The Morgan fingerprint density at radius 2 is 1.79 bits per heavy atom. The van der Waals surface area contributed by atoms with E-state index in [0.29, 0.717) is 11.6 Å². The maximum atomic E-state index is 5.96. The topological polar surface area (TPSA) is 38.0 Å². The predicted octanol–water partition coefficient (Wildman–Crippen LogP) is 4.98. The lowest BCUT2D eigenvalue weighted by molar-refractivity contribution is 0.786. The van der Waals surface area contributed by atoms with E-state index in [-0.39, 0.29) is 6.04 Å². The van der Waals surface area contributed by atoms with Crippen molar-refractivity contribution in [2.45, 2.75) is 6.04 Å². The molecule has 0 aliphatic heterocycles. The van der Waals surface area contributed by atoms with Crippen LogP contribution < -0.4 is 11.1 Å². The first-order chi connectivity index (χ1) is 9.10. The van der Waals surface area contributed by atoms with Crippen LogP contribution in [0.5, 0.6) is 0 Å². The summed E-state index contributed by atoms with van der Waals surface area (Å²) >= 11 is 12.9. The normalized spacial score (nSPS) is 12.2. The van der Waals surface area contributed by atoms with E-state index in [1.54, 1.807) is 0 Å². The van der Waals surface area contributed by atoms with E-state index in [4.69, 9.17) is 17.3 Å². The quantitative estimate of drug-likeness (QED) is 0.754. The zero-order chi connectivity index (χ0) is 13.8. The van der Waals surface area contributed by atoms with Crippen LogP contribution in [0.25, 0.3) is 0 Å². The second-order valence-corrected chi connectivity index (χ2v) is 6.31. The molecule has 0 aromatic heterocycles. The van der Waals surface area contributed by atoms with Gasteiger partial charge in [0.1, 0.15) is 0 Å². The molecule has 5 heteroatoms. The van der Waals surface area contributed by atoms with Gasteiger partial charge in [-0.3, -0.25) is 0 Å². The number of rotatable bonds is 4. The molecule has 0 saturated carbocycles. The first-order valence-electron chi connectivity index (χ1n) is 5.77. The average molecular weight is 405 g/mol. The Kier molecular flexibility index (Phi) is 5.28. The summed E-state index contributed by atoms with van der Waals surface area (Å²) in [4.78, 5) is 0. The molecule has 1 atom stereocenters. The zero-order valence-electron chi connectivity index (χ0n) is 10.0. The Morgan fingerprint density at radius 1 is 1.11 bits per heavy atom. The predicted molar refractivity (Wildman–Crippen MR) is 88.7 cm³/mol. The SMILES string of the molecule is NCC(Nc1ccc(Br)cc1)c1ccc(Cl)cc1Br. The van der Waals surface area contributed by atoms with E-state index in [1.807, 2.05) is 42.5 Å². The third kappa shape index (κ3) is 3.96. The molecule has 0 aliphatic rings. The van der Waals surface area contributed by atoms with Gasteiger partial charge in [-0.05, 0) is 42.0 Å². The van der Waals surface area contributed by atoms with Crippen molar-refractivity contribution >= 4 is 49.1 Å². The summed E-state index contributed by atoms with van der Waals surface area (Å²) < 4.78 is 2.01. The minimum Gasteiger partial charge on any atom is -0.377 e. The smallest absolute Gasteiger partial charge is 0.0647 e. The molecule has 0 spiro atoms. The fourth-order valence-corrected chi connectivity index (χ4v) is 3.02. The van der Waals surface area contributed by atoms with E-state index in [2.05, 4.69) is 37.2 Å². The van der Waals surface area contributed by atoms with Crippen LogP contribution in [0.15, 0.2) is 51.4 Å². The van der Waals surface area contributed by atoms with Crippen LogP contribution in [0, 0.1) is 0 Å². The highest BCUT2D eigenvalue weighted by molar-refractivity contribution is 9.10. The van der Waals surface area contributed by atoms with Crippen molar-refractivity contribution in [1.29, 1.82) is 0 Å². The number of halogens is 3. The van der Waals surface area contributed by atoms with Crippen molar-refractivity contribution < 1.29 is 0 Å². The maximum Gasteiger partial charge on any atom is 0.0647 e. The van der Waals surface area contributed by atoms with E-state index < -0.39 is 0 Å². The first-order valence-corrected chi connectivity index (χ1v) is 7.73. The third-order valence-corrected chi connectivity index (χ3v) is 4.21. The number of nitrogens with two attached hydrogens (primary N) is 1. The van der Waals surface area contributed by atoms with Crippen LogP contribution in [-0.4, -0.2) is 6.54 Å². The highest BCUT2D eigenvalue weighted by atomic mass is 79.9. The van der Waals surface area contributed by atoms with Crippen molar-refractivity contribution in [1.82, 2.24) is 0 Å². The Bertz CT molecular complexity index is 558. The standard InChI is InChI=1S/C14H13Br2ClN2/c15-9-1-4-11(5-2-9)19-14(8-18)12-6-3-10(17)7-13(12)16/h1-7,14,19H,8,18H2. The van der Waals surface area contributed by atoms with E-state index in [9.17, 15) is 0 Å². The van der Waals surface area contributed by atoms with Gasteiger partial charge in [-0.1, -0.05) is 49.5 Å². The molecule has 0 heterocycles. The highest BCUT2D eigenvalue weighted by Gasteiger charge is 2.13. The van der Waals surface area contributed by atoms with Gasteiger partial charge in [0.2, 0.25) is 0 Å². The van der Waals surface area contributed by atoms with Crippen LogP contribution in [0.1, 0.15) is 11.6 Å².